The highest BCUT2D eigenvalue weighted by Gasteiger charge is 2.32. The maximum atomic E-state index is 11.9. The molecule has 1 aromatic carbocycles. The summed E-state index contributed by atoms with van der Waals surface area (Å²) in [6.45, 7) is 0.890. The van der Waals surface area contributed by atoms with Crippen molar-refractivity contribution in [1.82, 2.24) is 14.8 Å². The van der Waals surface area contributed by atoms with Crippen molar-refractivity contribution >= 4 is 17.1 Å². The zero-order valence-corrected chi connectivity index (χ0v) is 11.7. The van der Waals surface area contributed by atoms with Crippen molar-refractivity contribution in [3.8, 4) is 0 Å². The van der Waals surface area contributed by atoms with Crippen molar-refractivity contribution < 1.29 is 9.15 Å². The van der Waals surface area contributed by atoms with E-state index in [-0.39, 0.29) is 17.6 Å². The molecule has 2 unspecified atom stereocenters. The first-order valence-corrected chi connectivity index (χ1v) is 7.05. The lowest BCUT2D eigenvalue weighted by Gasteiger charge is -2.18. The monoisotopic (exact) mass is 298 g/mol. The number of rotatable bonds is 3. The van der Waals surface area contributed by atoms with E-state index < -0.39 is 0 Å². The number of ether oxygens (including phenoxy) is 1. The minimum Gasteiger partial charge on any atom is -0.424 e. The van der Waals surface area contributed by atoms with Crippen LogP contribution in [-0.4, -0.2) is 34.0 Å². The normalized spacial score (nSPS) is 21.3. The third kappa shape index (κ3) is 2.25. The Labute approximate surface area is 125 Å². The number of nitrogens with one attached hydrogen (secondary N) is 1. The van der Waals surface area contributed by atoms with E-state index in [2.05, 4.69) is 15.4 Å². The Balaban J connectivity index is 1.61. The van der Waals surface area contributed by atoms with E-state index in [4.69, 9.17) is 9.15 Å². The summed E-state index contributed by atoms with van der Waals surface area (Å²) >= 11 is 0. The van der Waals surface area contributed by atoms with Crippen molar-refractivity contribution in [2.24, 2.45) is 0 Å². The first-order chi connectivity index (χ1) is 10.8. The summed E-state index contributed by atoms with van der Waals surface area (Å²) in [4.78, 5) is 16.3. The molecule has 2 aromatic heterocycles. The fourth-order valence-corrected chi connectivity index (χ4v) is 2.63. The van der Waals surface area contributed by atoms with E-state index in [9.17, 15) is 4.79 Å². The van der Waals surface area contributed by atoms with Crippen LogP contribution in [0, 0.1) is 0 Å². The largest absolute Gasteiger partial charge is 0.424 e. The van der Waals surface area contributed by atoms with E-state index in [0.717, 1.165) is 11.1 Å². The molecule has 1 aliphatic rings. The van der Waals surface area contributed by atoms with Crippen molar-refractivity contribution in [1.29, 1.82) is 0 Å². The second kappa shape index (κ2) is 5.27. The molecule has 0 bridgehead atoms. The summed E-state index contributed by atoms with van der Waals surface area (Å²) in [6, 6.07) is 10.8. The summed E-state index contributed by atoms with van der Waals surface area (Å²) in [5.74, 6) is 0. The second-order valence-electron chi connectivity index (χ2n) is 5.15. The summed E-state index contributed by atoms with van der Waals surface area (Å²) in [6.07, 6.45) is 1.59. The fraction of sp³-hybridized carbons (Fsp3) is 0.267. The molecule has 0 aliphatic carbocycles. The minimum atomic E-state index is -0.191. The molecule has 0 saturated carbocycles. The lowest BCUT2D eigenvalue weighted by molar-refractivity contribution is 0.182. The Hall–Kier alpha value is -2.67. The fourth-order valence-electron chi connectivity index (χ4n) is 2.63. The Morgan fingerprint density at radius 2 is 2.09 bits per heavy atom. The van der Waals surface area contributed by atoms with Crippen LogP contribution in [0.1, 0.15) is 6.04 Å². The third-order valence-electron chi connectivity index (χ3n) is 3.71. The van der Waals surface area contributed by atoms with Crippen LogP contribution in [0.15, 0.2) is 51.8 Å². The van der Waals surface area contributed by atoms with Crippen LogP contribution >= 0.6 is 0 Å². The summed E-state index contributed by atoms with van der Waals surface area (Å²) < 4.78 is 12.6. The van der Waals surface area contributed by atoms with Crippen LogP contribution in [-0.2, 0) is 4.74 Å². The molecular formula is C15H14N4O3. The van der Waals surface area contributed by atoms with Gasteiger partial charge >= 0.3 is 0 Å². The maximum Gasteiger partial charge on any atom is 0.296 e. The number of hydrogen-bond donors (Lipinski definition) is 1. The van der Waals surface area contributed by atoms with E-state index in [0.29, 0.717) is 19.2 Å². The molecular weight excluding hydrogens is 284 g/mol. The molecule has 2 atom stereocenters. The van der Waals surface area contributed by atoms with Gasteiger partial charge in [-0.3, -0.25) is 4.79 Å². The second-order valence-corrected chi connectivity index (χ2v) is 5.15. The van der Waals surface area contributed by atoms with Gasteiger partial charge in [0.15, 0.2) is 5.58 Å². The highest BCUT2D eigenvalue weighted by atomic mass is 16.5. The molecule has 1 fully saturated rings. The van der Waals surface area contributed by atoms with Crippen molar-refractivity contribution in [3.63, 3.8) is 0 Å². The van der Waals surface area contributed by atoms with Crippen molar-refractivity contribution in [2.45, 2.75) is 12.1 Å². The van der Waals surface area contributed by atoms with E-state index >= 15 is 0 Å². The number of hydrogen-bond acceptors (Lipinski definition) is 6. The third-order valence-corrected chi connectivity index (χ3v) is 3.71. The quantitative estimate of drug-likeness (QED) is 0.788. The number of anilines is 1. The molecule has 7 heteroatoms. The van der Waals surface area contributed by atoms with Gasteiger partial charge in [-0.2, -0.15) is 10.1 Å². The predicted molar refractivity (Wildman–Crippen MR) is 79.8 cm³/mol. The van der Waals surface area contributed by atoms with E-state index in [1.54, 1.807) is 12.3 Å². The number of nitrogens with zero attached hydrogens (tertiary/aromatic N) is 3. The summed E-state index contributed by atoms with van der Waals surface area (Å²) in [7, 11) is 0. The van der Waals surface area contributed by atoms with E-state index in [1.807, 2.05) is 24.3 Å². The van der Waals surface area contributed by atoms with Crippen molar-refractivity contribution in [3.05, 3.63) is 52.9 Å². The molecule has 4 rings (SSSR count). The van der Waals surface area contributed by atoms with E-state index in [1.165, 1.54) is 10.7 Å². The van der Waals surface area contributed by atoms with Gasteiger partial charge in [0.05, 0.1) is 19.3 Å². The van der Waals surface area contributed by atoms with Gasteiger partial charge in [-0.1, -0.05) is 12.1 Å². The number of oxazole rings is 1. The number of fused-ring (bicyclic) bond motifs is 1. The van der Waals surface area contributed by atoms with Gasteiger partial charge in [-0.15, -0.1) is 0 Å². The Morgan fingerprint density at radius 1 is 1.18 bits per heavy atom. The molecule has 7 nitrogen and oxygen atoms in total. The van der Waals surface area contributed by atoms with Crippen molar-refractivity contribution in [2.75, 3.05) is 18.5 Å². The van der Waals surface area contributed by atoms with Gasteiger partial charge in [0.2, 0.25) is 0 Å². The van der Waals surface area contributed by atoms with Gasteiger partial charge in [0, 0.05) is 12.3 Å². The number of para-hydroxylation sites is 2. The van der Waals surface area contributed by atoms with Gasteiger partial charge in [-0.25, -0.2) is 4.68 Å². The SMILES string of the molecule is O=c1cccnn1C1COCC1Nc1nc2ccccc2o1. The van der Waals surface area contributed by atoms with Gasteiger partial charge < -0.3 is 14.5 Å². The Bertz CT molecular complexity index is 824. The number of aromatic nitrogens is 3. The average Bonchev–Trinajstić information content (AvgIpc) is 3.14. The first-order valence-electron chi connectivity index (χ1n) is 7.05. The Kier molecular flexibility index (Phi) is 3.12. The van der Waals surface area contributed by atoms with Crippen LogP contribution < -0.4 is 10.9 Å². The molecule has 0 radical (unpaired) electrons. The molecule has 3 aromatic rings. The topological polar surface area (TPSA) is 82.2 Å². The molecule has 22 heavy (non-hydrogen) atoms. The predicted octanol–water partition coefficient (Wildman–Crippen LogP) is 1.44. The minimum absolute atomic E-state index is 0.124. The first kappa shape index (κ1) is 13.0. The highest BCUT2D eigenvalue weighted by molar-refractivity contribution is 5.74. The molecule has 3 heterocycles. The number of benzene rings is 1. The van der Waals surface area contributed by atoms with Crippen LogP contribution in [0.2, 0.25) is 0 Å². The molecule has 1 N–H and O–H groups in total. The molecule has 0 amide bonds. The zero-order valence-electron chi connectivity index (χ0n) is 11.7. The molecule has 1 saturated heterocycles. The lowest BCUT2D eigenvalue weighted by Crippen LogP contribution is -2.36. The van der Waals surface area contributed by atoms with Crippen LogP contribution in [0.3, 0.4) is 0 Å². The molecule has 0 spiro atoms. The Morgan fingerprint density at radius 3 is 2.95 bits per heavy atom. The molecule has 1 aliphatic heterocycles. The maximum absolute atomic E-state index is 11.9. The van der Waals surface area contributed by atoms with Gasteiger partial charge in [0.1, 0.15) is 11.6 Å². The van der Waals surface area contributed by atoms with Gasteiger partial charge in [-0.05, 0) is 18.2 Å². The summed E-state index contributed by atoms with van der Waals surface area (Å²) in [5.41, 5.74) is 1.35. The molecule has 112 valence electrons. The van der Waals surface area contributed by atoms with Gasteiger partial charge in [0.25, 0.3) is 11.6 Å². The highest BCUT2D eigenvalue weighted by Crippen LogP contribution is 2.24. The zero-order chi connectivity index (χ0) is 14.9. The van der Waals surface area contributed by atoms with Crippen LogP contribution in [0.5, 0.6) is 0 Å². The van der Waals surface area contributed by atoms with Crippen LogP contribution in [0.25, 0.3) is 11.1 Å². The lowest BCUT2D eigenvalue weighted by atomic mass is 10.2. The standard InChI is InChI=1S/C15H14N4O3/c20-14-6-3-7-16-19(14)12-9-21-8-11(12)18-15-17-10-4-1-2-5-13(10)22-15/h1-7,11-12H,8-9H2,(H,17,18). The smallest absolute Gasteiger partial charge is 0.296 e. The summed E-state index contributed by atoms with van der Waals surface area (Å²) in [5, 5.41) is 7.33. The van der Waals surface area contributed by atoms with Crippen LogP contribution in [0.4, 0.5) is 6.01 Å². The average molecular weight is 298 g/mol.